The van der Waals surface area contributed by atoms with E-state index in [1.165, 1.54) is 13.0 Å². The lowest BCUT2D eigenvalue weighted by molar-refractivity contribution is -0.126. The Bertz CT molecular complexity index is 237. The van der Waals surface area contributed by atoms with Crippen LogP contribution in [0.1, 0.15) is 46.0 Å². The van der Waals surface area contributed by atoms with E-state index >= 15 is 0 Å². The lowest BCUT2D eigenvalue weighted by atomic mass is 10.00. The summed E-state index contributed by atoms with van der Waals surface area (Å²) in [6.45, 7) is 8.18. The summed E-state index contributed by atoms with van der Waals surface area (Å²) in [5, 5.41) is 3.17. The first-order valence-electron chi connectivity index (χ1n) is 7.44. The van der Waals surface area contributed by atoms with Gasteiger partial charge in [-0.05, 0) is 32.2 Å². The lowest BCUT2D eigenvalue weighted by Gasteiger charge is -2.32. The SMILES string of the molecule is CCCC(CN)C(=O)NC1CCN(CCC)CC1. The molecule has 0 aromatic carbocycles. The van der Waals surface area contributed by atoms with Crippen molar-refractivity contribution < 1.29 is 4.79 Å². The Hall–Kier alpha value is -0.610. The molecule has 1 unspecified atom stereocenters. The molecule has 3 N–H and O–H groups in total. The third-order valence-corrected chi connectivity index (χ3v) is 3.77. The molecule has 0 aromatic rings. The topological polar surface area (TPSA) is 58.4 Å². The molecule has 0 aromatic heterocycles. The molecule has 1 heterocycles. The fraction of sp³-hybridized carbons (Fsp3) is 0.929. The summed E-state index contributed by atoms with van der Waals surface area (Å²) in [6, 6.07) is 0.358. The monoisotopic (exact) mass is 255 g/mol. The molecule has 18 heavy (non-hydrogen) atoms. The van der Waals surface area contributed by atoms with Crippen LogP contribution in [0, 0.1) is 5.92 Å². The summed E-state index contributed by atoms with van der Waals surface area (Å²) in [5.41, 5.74) is 5.66. The minimum absolute atomic E-state index is 0.00340. The fourth-order valence-electron chi connectivity index (χ4n) is 2.64. The van der Waals surface area contributed by atoms with Gasteiger partial charge in [-0.15, -0.1) is 0 Å². The average Bonchev–Trinajstić information content (AvgIpc) is 2.38. The summed E-state index contributed by atoms with van der Waals surface area (Å²) < 4.78 is 0. The Morgan fingerprint density at radius 3 is 2.50 bits per heavy atom. The number of nitrogens with zero attached hydrogens (tertiary/aromatic N) is 1. The van der Waals surface area contributed by atoms with Crippen LogP contribution < -0.4 is 11.1 Å². The molecule has 1 atom stereocenters. The molecule has 0 radical (unpaired) electrons. The highest BCUT2D eigenvalue weighted by molar-refractivity contribution is 5.79. The van der Waals surface area contributed by atoms with Crippen molar-refractivity contribution in [2.45, 2.75) is 52.0 Å². The highest BCUT2D eigenvalue weighted by atomic mass is 16.1. The van der Waals surface area contributed by atoms with E-state index in [9.17, 15) is 4.79 Å². The molecule has 4 heteroatoms. The quantitative estimate of drug-likeness (QED) is 0.722. The molecule has 1 fully saturated rings. The van der Waals surface area contributed by atoms with Crippen molar-refractivity contribution in [3.05, 3.63) is 0 Å². The molecule has 0 saturated carbocycles. The standard InChI is InChI=1S/C14H29N3O/c1-3-5-12(11-15)14(18)16-13-6-9-17(8-4-2)10-7-13/h12-13H,3-11,15H2,1-2H3,(H,16,18). The zero-order valence-corrected chi connectivity index (χ0v) is 12.0. The molecule has 106 valence electrons. The number of hydrogen-bond donors (Lipinski definition) is 2. The van der Waals surface area contributed by atoms with Gasteiger partial charge in [0, 0.05) is 25.7 Å². The van der Waals surface area contributed by atoms with Crippen LogP contribution in [0.4, 0.5) is 0 Å². The van der Waals surface area contributed by atoms with Gasteiger partial charge in [-0.1, -0.05) is 20.3 Å². The molecular weight excluding hydrogens is 226 g/mol. The maximum Gasteiger partial charge on any atom is 0.224 e. The smallest absolute Gasteiger partial charge is 0.224 e. The summed E-state index contributed by atoms with van der Waals surface area (Å²) in [5.74, 6) is 0.164. The largest absolute Gasteiger partial charge is 0.353 e. The number of nitrogens with one attached hydrogen (secondary N) is 1. The van der Waals surface area contributed by atoms with Crippen LogP contribution in [0.2, 0.25) is 0 Å². The van der Waals surface area contributed by atoms with Crippen molar-refractivity contribution in [2.24, 2.45) is 11.7 Å². The minimum atomic E-state index is 0.00340. The average molecular weight is 255 g/mol. The van der Waals surface area contributed by atoms with Gasteiger partial charge in [-0.25, -0.2) is 0 Å². The van der Waals surface area contributed by atoms with Crippen molar-refractivity contribution >= 4 is 5.91 Å². The van der Waals surface area contributed by atoms with E-state index in [4.69, 9.17) is 5.73 Å². The fourth-order valence-corrected chi connectivity index (χ4v) is 2.64. The number of rotatable bonds is 7. The zero-order valence-electron chi connectivity index (χ0n) is 12.0. The first kappa shape index (κ1) is 15.4. The van der Waals surface area contributed by atoms with E-state index < -0.39 is 0 Å². The van der Waals surface area contributed by atoms with Gasteiger partial charge in [0.1, 0.15) is 0 Å². The van der Waals surface area contributed by atoms with Crippen molar-refractivity contribution in [2.75, 3.05) is 26.2 Å². The highest BCUT2D eigenvalue weighted by Crippen LogP contribution is 2.12. The van der Waals surface area contributed by atoms with Crippen LogP contribution in [0.25, 0.3) is 0 Å². The Labute approximate surface area is 111 Å². The number of carbonyl (C=O) groups is 1. The van der Waals surface area contributed by atoms with Crippen molar-refractivity contribution in [1.82, 2.24) is 10.2 Å². The number of piperidine rings is 1. The molecule has 1 saturated heterocycles. The first-order valence-corrected chi connectivity index (χ1v) is 7.44. The van der Waals surface area contributed by atoms with E-state index in [-0.39, 0.29) is 11.8 Å². The van der Waals surface area contributed by atoms with Crippen molar-refractivity contribution in [3.63, 3.8) is 0 Å². The predicted octanol–water partition coefficient (Wildman–Crippen LogP) is 1.35. The van der Waals surface area contributed by atoms with Crippen LogP contribution in [0.5, 0.6) is 0 Å². The van der Waals surface area contributed by atoms with Gasteiger partial charge in [0.15, 0.2) is 0 Å². The Morgan fingerprint density at radius 2 is 2.00 bits per heavy atom. The third kappa shape index (κ3) is 4.94. The maximum absolute atomic E-state index is 12.0. The number of hydrogen-bond acceptors (Lipinski definition) is 3. The Balaban J connectivity index is 2.29. The van der Waals surface area contributed by atoms with E-state index in [1.54, 1.807) is 0 Å². The molecule has 1 rings (SSSR count). The molecular formula is C14H29N3O. The van der Waals surface area contributed by atoms with Gasteiger partial charge in [-0.2, -0.15) is 0 Å². The van der Waals surface area contributed by atoms with Gasteiger partial charge in [0.05, 0.1) is 5.92 Å². The molecule has 0 spiro atoms. The second kappa shape index (κ2) is 8.48. The number of amides is 1. The van der Waals surface area contributed by atoms with Crippen LogP contribution >= 0.6 is 0 Å². The van der Waals surface area contributed by atoms with Gasteiger partial charge in [0.25, 0.3) is 0 Å². The highest BCUT2D eigenvalue weighted by Gasteiger charge is 2.23. The van der Waals surface area contributed by atoms with Gasteiger partial charge < -0.3 is 16.0 Å². The summed E-state index contributed by atoms with van der Waals surface area (Å²) in [7, 11) is 0. The molecule has 1 aliphatic heterocycles. The van der Waals surface area contributed by atoms with E-state index in [1.807, 2.05) is 0 Å². The van der Waals surface area contributed by atoms with Crippen LogP contribution in [0.3, 0.4) is 0 Å². The zero-order chi connectivity index (χ0) is 13.4. The Morgan fingerprint density at radius 1 is 1.33 bits per heavy atom. The third-order valence-electron chi connectivity index (χ3n) is 3.77. The Kier molecular flexibility index (Phi) is 7.28. The first-order chi connectivity index (χ1) is 8.71. The number of likely N-dealkylation sites (tertiary alicyclic amines) is 1. The summed E-state index contributed by atoms with van der Waals surface area (Å²) >= 11 is 0. The van der Waals surface area contributed by atoms with E-state index in [0.29, 0.717) is 12.6 Å². The molecule has 0 aliphatic carbocycles. The number of nitrogens with two attached hydrogens (primary N) is 1. The lowest BCUT2D eigenvalue weighted by Crippen LogP contribution is -2.47. The van der Waals surface area contributed by atoms with Gasteiger partial charge in [0.2, 0.25) is 5.91 Å². The molecule has 1 aliphatic rings. The van der Waals surface area contributed by atoms with Gasteiger partial charge >= 0.3 is 0 Å². The summed E-state index contributed by atoms with van der Waals surface area (Å²) in [6.07, 6.45) is 5.29. The number of carbonyl (C=O) groups excluding carboxylic acids is 1. The van der Waals surface area contributed by atoms with E-state index in [2.05, 4.69) is 24.1 Å². The second-order valence-electron chi connectivity index (χ2n) is 5.35. The van der Waals surface area contributed by atoms with Crippen molar-refractivity contribution in [1.29, 1.82) is 0 Å². The summed E-state index contributed by atoms with van der Waals surface area (Å²) in [4.78, 5) is 14.5. The van der Waals surface area contributed by atoms with Crippen LogP contribution in [0.15, 0.2) is 0 Å². The van der Waals surface area contributed by atoms with Crippen LogP contribution in [-0.4, -0.2) is 43.0 Å². The van der Waals surface area contributed by atoms with Crippen LogP contribution in [-0.2, 0) is 4.79 Å². The second-order valence-corrected chi connectivity index (χ2v) is 5.35. The molecule has 4 nitrogen and oxygen atoms in total. The minimum Gasteiger partial charge on any atom is -0.353 e. The maximum atomic E-state index is 12.0. The predicted molar refractivity (Wildman–Crippen MR) is 75.3 cm³/mol. The molecule has 1 amide bonds. The van der Waals surface area contributed by atoms with Crippen molar-refractivity contribution in [3.8, 4) is 0 Å². The molecule has 0 bridgehead atoms. The van der Waals surface area contributed by atoms with Gasteiger partial charge in [-0.3, -0.25) is 4.79 Å². The van der Waals surface area contributed by atoms with E-state index in [0.717, 1.165) is 38.8 Å². The normalized spacial score (nSPS) is 19.7.